The van der Waals surface area contributed by atoms with Gasteiger partial charge in [-0.15, -0.1) is 11.8 Å². The van der Waals surface area contributed by atoms with E-state index in [1.807, 2.05) is 49.1 Å². The molecule has 202 valence electrons. The first-order valence-electron chi connectivity index (χ1n) is 13.2. The number of thioether (sulfide) groups is 3. The Bertz CT molecular complexity index is 1120. The summed E-state index contributed by atoms with van der Waals surface area (Å²) in [4.78, 5) is 6.21. The molecule has 0 N–H and O–H groups in total. The van der Waals surface area contributed by atoms with Crippen molar-refractivity contribution in [1.82, 2.24) is 0 Å². The van der Waals surface area contributed by atoms with Crippen LogP contribution in [-0.2, 0) is 9.47 Å². The third-order valence-electron chi connectivity index (χ3n) is 5.25. The summed E-state index contributed by atoms with van der Waals surface area (Å²) in [6.07, 6.45) is 5.26. The third-order valence-corrected chi connectivity index (χ3v) is 8.52. The van der Waals surface area contributed by atoms with Gasteiger partial charge in [0.1, 0.15) is 0 Å². The minimum atomic E-state index is -0.299. The van der Waals surface area contributed by atoms with E-state index in [9.17, 15) is 0 Å². The fraction of sp³-hybridized carbons (Fsp3) is 0.333. The van der Waals surface area contributed by atoms with Crippen molar-refractivity contribution >= 4 is 35.3 Å². The van der Waals surface area contributed by atoms with Gasteiger partial charge in [-0.2, -0.15) is 0 Å². The SMILES string of the molecule is CCOC(OCC)C(C/C(=C/C(=C/C(C)(C)C)Sc1ccccc1)Sc1ccccc1)Sc1ccccc1. The summed E-state index contributed by atoms with van der Waals surface area (Å²) in [5.74, 6) is 0. The van der Waals surface area contributed by atoms with Gasteiger partial charge in [0, 0.05) is 32.8 Å². The van der Waals surface area contributed by atoms with Crippen molar-refractivity contribution in [3.05, 3.63) is 113 Å². The fourth-order valence-corrected chi connectivity index (χ4v) is 7.34. The highest BCUT2D eigenvalue weighted by Gasteiger charge is 2.26. The average molecular weight is 565 g/mol. The Morgan fingerprint density at radius 3 is 1.66 bits per heavy atom. The highest BCUT2D eigenvalue weighted by molar-refractivity contribution is 8.04. The molecule has 0 aliphatic carbocycles. The maximum atomic E-state index is 6.15. The van der Waals surface area contributed by atoms with Crippen LogP contribution in [0.2, 0.25) is 0 Å². The summed E-state index contributed by atoms with van der Waals surface area (Å²) in [5, 5.41) is 0.0948. The highest BCUT2D eigenvalue weighted by Crippen LogP contribution is 2.40. The lowest BCUT2D eigenvalue weighted by Gasteiger charge is -2.27. The zero-order valence-electron chi connectivity index (χ0n) is 23.1. The third kappa shape index (κ3) is 11.5. The summed E-state index contributed by atoms with van der Waals surface area (Å²) in [6.45, 7) is 12.1. The van der Waals surface area contributed by atoms with E-state index >= 15 is 0 Å². The molecule has 5 heteroatoms. The molecule has 1 atom stereocenters. The van der Waals surface area contributed by atoms with E-state index in [-0.39, 0.29) is 17.0 Å². The predicted molar refractivity (Wildman–Crippen MR) is 168 cm³/mol. The van der Waals surface area contributed by atoms with Gasteiger partial charge >= 0.3 is 0 Å². The Morgan fingerprint density at radius 1 is 0.711 bits per heavy atom. The lowest BCUT2D eigenvalue weighted by molar-refractivity contribution is -0.135. The Hall–Kier alpha value is -1.89. The zero-order valence-corrected chi connectivity index (χ0v) is 25.6. The lowest BCUT2D eigenvalue weighted by Crippen LogP contribution is -2.30. The summed E-state index contributed by atoms with van der Waals surface area (Å²) < 4.78 is 12.3. The second kappa shape index (κ2) is 16.3. The monoisotopic (exact) mass is 564 g/mol. The van der Waals surface area contributed by atoms with Crippen LogP contribution >= 0.6 is 35.3 Å². The number of rotatable bonds is 14. The molecule has 0 saturated carbocycles. The topological polar surface area (TPSA) is 18.5 Å². The molecule has 3 aromatic carbocycles. The molecule has 0 amide bonds. The Kier molecular flexibility index (Phi) is 13.1. The molecule has 0 aliphatic rings. The molecule has 3 aromatic rings. The maximum Gasteiger partial charge on any atom is 0.169 e. The molecule has 0 radical (unpaired) electrons. The predicted octanol–water partition coefficient (Wildman–Crippen LogP) is 10.3. The van der Waals surface area contributed by atoms with E-state index < -0.39 is 0 Å². The molecule has 38 heavy (non-hydrogen) atoms. The normalized spacial score (nSPS) is 13.6. The van der Waals surface area contributed by atoms with Crippen molar-refractivity contribution in [2.45, 2.75) is 67.3 Å². The van der Waals surface area contributed by atoms with Gasteiger partial charge in [0.25, 0.3) is 0 Å². The van der Waals surface area contributed by atoms with Crippen LogP contribution in [0.3, 0.4) is 0 Å². The molecule has 2 nitrogen and oxygen atoms in total. The van der Waals surface area contributed by atoms with E-state index in [2.05, 4.69) is 124 Å². The number of hydrogen-bond acceptors (Lipinski definition) is 5. The van der Waals surface area contributed by atoms with Gasteiger partial charge in [0.05, 0.1) is 5.25 Å². The Labute approximate surface area is 242 Å². The number of allylic oxidation sites excluding steroid dienone is 3. The standard InChI is InChI=1S/C33H40O2S3/c1-6-34-32(35-7-2)31(38-28-21-15-10-16-22-28)24-29(36-26-17-11-8-12-18-26)23-30(25-33(3,4)5)37-27-19-13-9-14-20-27/h8-23,25,31-32H,6-7,24H2,1-5H3/b29-23-,30-25-. The number of ether oxygens (including phenoxy) is 2. The van der Waals surface area contributed by atoms with E-state index in [0.717, 1.165) is 6.42 Å². The van der Waals surface area contributed by atoms with Crippen molar-refractivity contribution in [2.75, 3.05) is 13.2 Å². The Morgan fingerprint density at radius 2 is 1.18 bits per heavy atom. The molecule has 0 fully saturated rings. The van der Waals surface area contributed by atoms with Gasteiger partial charge in [-0.3, -0.25) is 0 Å². The molecular formula is C33H40O2S3. The second-order valence-corrected chi connectivity index (χ2v) is 13.5. The van der Waals surface area contributed by atoms with E-state index in [0.29, 0.717) is 13.2 Å². The molecular weight excluding hydrogens is 525 g/mol. The van der Waals surface area contributed by atoms with E-state index in [1.54, 1.807) is 0 Å². The van der Waals surface area contributed by atoms with Crippen LogP contribution in [0.4, 0.5) is 0 Å². The van der Waals surface area contributed by atoms with Gasteiger partial charge in [0.15, 0.2) is 6.29 Å². The first-order chi connectivity index (χ1) is 18.4. The molecule has 1 unspecified atom stereocenters. The first kappa shape index (κ1) is 30.6. The minimum absolute atomic E-state index is 0.0491. The summed E-state index contributed by atoms with van der Waals surface area (Å²) in [6, 6.07) is 31.8. The fourth-order valence-electron chi connectivity index (χ4n) is 3.74. The average Bonchev–Trinajstić information content (AvgIpc) is 2.89. The van der Waals surface area contributed by atoms with Crippen molar-refractivity contribution in [3.8, 4) is 0 Å². The summed E-state index contributed by atoms with van der Waals surface area (Å²) in [7, 11) is 0. The van der Waals surface area contributed by atoms with Crippen molar-refractivity contribution in [1.29, 1.82) is 0 Å². The molecule has 0 spiro atoms. The van der Waals surface area contributed by atoms with E-state index in [1.165, 1.54) is 24.5 Å². The largest absolute Gasteiger partial charge is 0.352 e. The van der Waals surface area contributed by atoms with E-state index in [4.69, 9.17) is 9.47 Å². The van der Waals surface area contributed by atoms with Gasteiger partial charge in [-0.25, -0.2) is 0 Å². The maximum absolute atomic E-state index is 6.15. The van der Waals surface area contributed by atoms with Gasteiger partial charge in [-0.05, 0) is 73.1 Å². The van der Waals surface area contributed by atoms with Gasteiger partial charge in [-0.1, -0.05) is 105 Å². The van der Waals surface area contributed by atoms with Crippen LogP contribution in [-0.4, -0.2) is 24.8 Å². The molecule has 3 rings (SSSR count). The highest BCUT2D eigenvalue weighted by atomic mass is 32.2. The van der Waals surface area contributed by atoms with Crippen LogP contribution in [0.25, 0.3) is 0 Å². The van der Waals surface area contributed by atoms with Crippen LogP contribution in [0.15, 0.2) is 128 Å². The first-order valence-corrected chi connectivity index (χ1v) is 15.7. The minimum Gasteiger partial charge on any atom is -0.352 e. The van der Waals surface area contributed by atoms with Crippen LogP contribution < -0.4 is 0 Å². The lowest BCUT2D eigenvalue weighted by atomic mass is 9.96. The molecule has 0 saturated heterocycles. The summed E-state index contributed by atoms with van der Waals surface area (Å²) >= 11 is 5.47. The van der Waals surface area contributed by atoms with Crippen molar-refractivity contribution in [3.63, 3.8) is 0 Å². The van der Waals surface area contributed by atoms with Crippen LogP contribution in [0, 0.1) is 5.41 Å². The summed E-state index contributed by atoms with van der Waals surface area (Å²) in [5.41, 5.74) is 0.0491. The molecule has 0 aliphatic heterocycles. The van der Waals surface area contributed by atoms with Crippen molar-refractivity contribution < 1.29 is 9.47 Å². The molecule has 0 aromatic heterocycles. The Balaban J connectivity index is 2.02. The number of hydrogen-bond donors (Lipinski definition) is 0. The second-order valence-electron chi connectivity index (χ2n) is 9.81. The quantitative estimate of drug-likeness (QED) is 0.110. The van der Waals surface area contributed by atoms with Crippen LogP contribution in [0.5, 0.6) is 0 Å². The van der Waals surface area contributed by atoms with Gasteiger partial charge in [0.2, 0.25) is 0 Å². The smallest absolute Gasteiger partial charge is 0.169 e. The zero-order chi connectivity index (χ0) is 27.2. The van der Waals surface area contributed by atoms with Crippen LogP contribution in [0.1, 0.15) is 41.0 Å². The van der Waals surface area contributed by atoms with Crippen molar-refractivity contribution in [2.24, 2.45) is 5.41 Å². The van der Waals surface area contributed by atoms with Gasteiger partial charge < -0.3 is 9.47 Å². The number of benzene rings is 3. The molecule has 0 heterocycles. The molecule has 0 bridgehead atoms.